The second-order valence-corrected chi connectivity index (χ2v) is 6.07. The molecular formula is C20H18N2O3. The zero-order valence-electron chi connectivity index (χ0n) is 13.5. The van der Waals surface area contributed by atoms with Gasteiger partial charge in [0.1, 0.15) is 11.9 Å². The SMILES string of the molecule is O=C(NCC(O)c1ccco1)Nc1ccc2c(c1)Cc1ccccc1-2. The van der Waals surface area contributed by atoms with E-state index < -0.39 is 6.10 Å². The first-order chi connectivity index (χ1) is 12.2. The first-order valence-electron chi connectivity index (χ1n) is 8.18. The van der Waals surface area contributed by atoms with Crippen LogP contribution in [0.2, 0.25) is 0 Å². The molecule has 0 saturated carbocycles. The zero-order valence-corrected chi connectivity index (χ0v) is 13.5. The Morgan fingerprint density at radius 2 is 1.92 bits per heavy atom. The largest absolute Gasteiger partial charge is 0.467 e. The average Bonchev–Trinajstić information content (AvgIpc) is 3.27. The number of furan rings is 1. The first-order valence-corrected chi connectivity index (χ1v) is 8.18. The number of carbonyl (C=O) groups is 1. The lowest BCUT2D eigenvalue weighted by Crippen LogP contribution is -2.32. The molecule has 1 aliphatic carbocycles. The molecule has 0 saturated heterocycles. The van der Waals surface area contributed by atoms with E-state index in [1.54, 1.807) is 12.1 Å². The molecule has 1 atom stereocenters. The highest BCUT2D eigenvalue weighted by Gasteiger charge is 2.18. The van der Waals surface area contributed by atoms with Crippen LogP contribution in [0.3, 0.4) is 0 Å². The van der Waals surface area contributed by atoms with Crippen LogP contribution in [-0.2, 0) is 6.42 Å². The third-order valence-electron chi connectivity index (χ3n) is 4.38. The number of anilines is 1. The number of aliphatic hydroxyl groups is 1. The number of aliphatic hydroxyl groups excluding tert-OH is 1. The predicted molar refractivity (Wildman–Crippen MR) is 95.4 cm³/mol. The summed E-state index contributed by atoms with van der Waals surface area (Å²) in [5, 5.41) is 15.4. The summed E-state index contributed by atoms with van der Waals surface area (Å²) in [4.78, 5) is 12.0. The average molecular weight is 334 g/mol. The molecule has 1 heterocycles. The van der Waals surface area contributed by atoms with Gasteiger partial charge in [0.15, 0.2) is 0 Å². The maximum atomic E-state index is 12.0. The maximum absolute atomic E-state index is 12.0. The van der Waals surface area contributed by atoms with E-state index in [0.717, 1.165) is 12.1 Å². The highest BCUT2D eigenvalue weighted by Crippen LogP contribution is 2.37. The Morgan fingerprint density at radius 1 is 1.08 bits per heavy atom. The van der Waals surface area contributed by atoms with E-state index in [4.69, 9.17) is 4.42 Å². The number of benzene rings is 2. The normalized spacial score (nSPS) is 13.0. The van der Waals surface area contributed by atoms with Gasteiger partial charge in [-0.05, 0) is 52.9 Å². The topological polar surface area (TPSA) is 74.5 Å². The molecule has 0 fully saturated rings. The molecule has 4 rings (SSSR count). The van der Waals surface area contributed by atoms with Crippen LogP contribution in [0.5, 0.6) is 0 Å². The van der Waals surface area contributed by atoms with Gasteiger partial charge in [0.25, 0.3) is 0 Å². The Labute approximate surface area is 145 Å². The second kappa shape index (κ2) is 6.45. The Bertz CT molecular complexity index is 903. The molecule has 126 valence electrons. The minimum atomic E-state index is -0.865. The van der Waals surface area contributed by atoms with Crippen molar-refractivity contribution in [2.24, 2.45) is 0 Å². The van der Waals surface area contributed by atoms with Crippen molar-refractivity contribution in [1.82, 2.24) is 5.32 Å². The van der Waals surface area contributed by atoms with E-state index in [1.165, 1.54) is 28.5 Å². The number of nitrogens with one attached hydrogen (secondary N) is 2. The third-order valence-corrected chi connectivity index (χ3v) is 4.38. The summed E-state index contributed by atoms with van der Waals surface area (Å²) in [7, 11) is 0. The van der Waals surface area contributed by atoms with Gasteiger partial charge in [-0.1, -0.05) is 30.3 Å². The van der Waals surface area contributed by atoms with Crippen molar-refractivity contribution in [2.45, 2.75) is 12.5 Å². The maximum Gasteiger partial charge on any atom is 0.319 e. The summed E-state index contributed by atoms with van der Waals surface area (Å²) < 4.78 is 5.11. The van der Waals surface area contributed by atoms with Gasteiger partial charge in [0.2, 0.25) is 0 Å². The molecule has 1 unspecified atom stereocenters. The summed E-state index contributed by atoms with van der Waals surface area (Å²) in [6.45, 7) is 0.0791. The fraction of sp³-hybridized carbons (Fsp3) is 0.150. The van der Waals surface area contributed by atoms with Crippen molar-refractivity contribution in [3.8, 4) is 11.1 Å². The molecule has 0 aliphatic heterocycles. The van der Waals surface area contributed by atoms with Crippen LogP contribution >= 0.6 is 0 Å². The molecule has 1 aromatic heterocycles. The van der Waals surface area contributed by atoms with Crippen LogP contribution < -0.4 is 10.6 Å². The molecule has 0 spiro atoms. The van der Waals surface area contributed by atoms with E-state index in [1.807, 2.05) is 30.3 Å². The lowest BCUT2D eigenvalue weighted by molar-refractivity contribution is 0.149. The lowest BCUT2D eigenvalue weighted by atomic mass is 10.1. The molecule has 25 heavy (non-hydrogen) atoms. The van der Waals surface area contributed by atoms with Crippen LogP contribution in [0.25, 0.3) is 11.1 Å². The number of urea groups is 1. The highest BCUT2D eigenvalue weighted by molar-refractivity contribution is 5.90. The van der Waals surface area contributed by atoms with Crippen LogP contribution in [0, 0.1) is 0 Å². The fourth-order valence-electron chi connectivity index (χ4n) is 3.17. The van der Waals surface area contributed by atoms with Crippen LogP contribution in [-0.4, -0.2) is 17.7 Å². The fourth-order valence-corrected chi connectivity index (χ4v) is 3.17. The Balaban J connectivity index is 1.39. The molecule has 2 aromatic carbocycles. The molecule has 0 bridgehead atoms. The van der Waals surface area contributed by atoms with Gasteiger partial charge >= 0.3 is 6.03 Å². The Kier molecular flexibility index (Phi) is 3.99. The van der Waals surface area contributed by atoms with E-state index in [0.29, 0.717) is 5.76 Å². The van der Waals surface area contributed by atoms with E-state index in [2.05, 4.69) is 22.8 Å². The number of hydrogen-bond acceptors (Lipinski definition) is 3. The van der Waals surface area contributed by atoms with Gasteiger partial charge in [-0.15, -0.1) is 0 Å². The van der Waals surface area contributed by atoms with Crippen LogP contribution in [0.1, 0.15) is 23.0 Å². The van der Waals surface area contributed by atoms with E-state index in [-0.39, 0.29) is 12.6 Å². The first kappa shape index (κ1) is 15.5. The molecule has 3 N–H and O–H groups in total. The van der Waals surface area contributed by atoms with Crippen molar-refractivity contribution >= 4 is 11.7 Å². The summed E-state index contributed by atoms with van der Waals surface area (Å²) in [5.41, 5.74) is 5.72. The van der Waals surface area contributed by atoms with Gasteiger partial charge in [-0.2, -0.15) is 0 Å². The Hall–Kier alpha value is -3.05. The summed E-state index contributed by atoms with van der Waals surface area (Å²) in [6, 6.07) is 17.3. The quantitative estimate of drug-likeness (QED) is 0.533. The van der Waals surface area contributed by atoms with Crippen molar-refractivity contribution in [1.29, 1.82) is 0 Å². The minimum Gasteiger partial charge on any atom is -0.467 e. The van der Waals surface area contributed by atoms with Crippen LogP contribution in [0.4, 0.5) is 10.5 Å². The van der Waals surface area contributed by atoms with Crippen molar-refractivity contribution in [2.75, 3.05) is 11.9 Å². The summed E-state index contributed by atoms with van der Waals surface area (Å²) >= 11 is 0. The van der Waals surface area contributed by atoms with Gasteiger partial charge in [-0.25, -0.2) is 4.79 Å². The highest BCUT2D eigenvalue weighted by atomic mass is 16.4. The van der Waals surface area contributed by atoms with Gasteiger partial charge in [0, 0.05) is 5.69 Å². The van der Waals surface area contributed by atoms with Crippen molar-refractivity contribution in [3.63, 3.8) is 0 Å². The second-order valence-electron chi connectivity index (χ2n) is 6.07. The third kappa shape index (κ3) is 3.14. The molecule has 0 radical (unpaired) electrons. The number of fused-ring (bicyclic) bond motifs is 3. The molecule has 1 aliphatic rings. The standard InChI is InChI=1S/C20H18N2O3/c23-18(19-6-3-9-25-19)12-21-20(24)22-15-7-8-17-14(11-15)10-13-4-1-2-5-16(13)17/h1-9,11,18,23H,10,12H2,(H2,21,22,24). The van der Waals surface area contributed by atoms with Crippen LogP contribution in [0.15, 0.2) is 65.3 Å². The summed E-state index contributed by atoms with van der Waals surface area (Å²) in [6.07, 6.45) is 1.50. The lowest BCUT2D eigenvalue weighted by Gasteiger charge is -2.11. The summed E-state index contributed by atoms with van der Waals surface area (Å²) in [5.74, 6) is 0.426. The van der Waals surface area contributed by atoms with Gasteiger partial charge < -0.3 is 20.2 Å². The molecule has 5 nitrogen and oxygen atoms in total. The smallest absolute Gasteiger partial charge is 0.319 e. The van der Waals surface area contributed by atoms with Crippen molar-refractivity contribution in [3.05, 3.63) is 77.7 Å². The number of rotatable bonds is 4. The molecular weight excluding hydrogens is 316 g/mol. The predicted octanol–water partition coefficient (Wildman–Crippen LogP) is 3.71. The number of carbonyl (C=O) groups excluding carboxylic acids is 1. The number of hydrogen-bond donors (Lipinski definition) is 3. The van der Waals surface area contributed by atoms with Gasteiger partial charge in [0.05, 0.1) is 12.8 Å². The zero-order chi connectivity index (χ0) is 17.2. The molecule has 3 aromatic rings. The van der Waals surface area contributed by atoms with E-state index >= 15 is 0 Å². The molecule has 2 amide bonds. The van der Waals surface area contributed by atoms with Crippen molar-refractivity contribution < 1.29 is 14.3 Å². The van der Waals surface area contributed by atoms with Gasteiger partial charge in [-0.3, -0.25) is 0 Å². The number of amides is 2. The monoisotopic (exact) mass is 334 g/mol. The Morgan fingerprint density at radius 3 is 2.76 bits per heavy atom. The minimum absolute atomic E-state index is 0.0791. The van der Waals surface area contributed by atoms with E-state index in [9.17, 15) is 9.90 Å². The molecule has 5 heteroatoms.